The van der Waals surface area contributed by atoms with Crippen LogP contribution in [0.25, 0.3) is 22.3 Å². The number of carbonyl (C=O) groups excluding carboxylic acids is 1. The van der Waals surface area contributed by atoms with Gasteiger partial charge in [-0.1, -0.05) is 5.16 Å². The van der Waals surface area contributed by atoms with E-state index in [4.69, 9.17) is 14.0 Å². The maximum atomic E-state index is 13.0. The van der Waals surface area contributed by atoms with Crippen molar-refractivity contribution in [1.29, 1.82) is 0 Å². The van der Waals surface area contributed by atoms with Crippen LogP contribution < -0.4 is 15.2 Å². The monoisotopic (exact) mass is 489 g/mol. The van der Waals surface area contributed by atoms with Crippen LogP contribution in [-0.2, 0) is 24.8 Å². The van der Waals surface area contributed by atoms with Crippen molar-refractivity contribution < 1.29 is 18.8 Å². The molecule has 0 spiro atoms. The lowest BCUT2D eigenvalue weighted by atomic mass is 9.79. The van der Waals surface area contributed by atoms with Crippen molar-refractivity contribution in [1.82, 2.24) is 14.3 Å². The number of ether oxygens (including phenoxy) is 2. The first-order chi connectivity index (χ1) is 17.5. The van der Waals surface area contributed by atoms with E-state index in [1.807, 2.05) is 53.1 Å². The van der Waals surface area contributed by atoms with E-state index in [2.05, 4.69) is 5.16 Å². The summed E-state index contributed by atoms with van der Waals surface area (Å²) in [5.41, 5.74) is 3.39. The molecule has 1 aliphatic carbocycles. The molecule has 0 amide bonds. The maximum Gasteiger partial charge on any atom is 0.328 e. The Bertz CT molecular complexity index is 1420. The van der Waals surface area contributed by atoms with Crippen LogP contribution in [0.2, 0.25) is 0 Å². The van der Waals surface area contributed by atoms with Crippen molar-refractivity contribution in [2.24, 2.45) is 18.9 Å². The zero-order valence-corrected chi connectivity index (χ0v) is 20.9. The number of hydrogen-bond donors (Lipinski definition) is 0. The number of carbonyl (C=O) groups is 1. The molecule has 0 unspecified atom stereocenters. The van der Waals surface area contributed by atoms with E-state index in [1.54, 1.807) is 25.8 Å². The summed E-state index contributed by atoms with van der Waals surface area (Å²) in [6, 6.07) is 15.1. The number of fused-ring (bicyclic) bond motifs is 1. The normalized spacial score (nSPS) is 17.9. The summed E-state index contributed by atoms with van der Waals surface area (Å²) in [4.78, 5) is 25.9. The fourth-order valence-electron chi connectivity index (χ4n) is 5.23. The van der Waals surface area contributed by atoms with Crippen LogP contribution in [0.5, 0.6) is 11.5 Å². The summed E-state index contributed by atoms with van der Waals surface area (Å²) < 4.78 is 19.5. The molecule has 8 nitrogen and oxygen atoms in total. The summed E-state index contributed by atoms with van der Waals surface area (Å²) in [5.74, 6) is 2.66. The van der Waals surface area contributed by atoms with Crippen molar-refractivity contribution in [3.8, 4) is 22.8 Å². The van der Waals surface area contributed by atoms with E-state index in [9.17, 15) is 9.59 Å². The Morgan fingerprint density at radius 2 is 1.67 bits per heavy atom. The summed E-state index contributed by atoms with van der Waals surface area (Å²) in [6.07, 6.45) is 3.73. The number of nitrogens with zero attached hydrogens (tertiary/aromatic N) is 3. The average molecular weight is 490 g/mol. The van der Waals surface area contributed by atoms with Gasteiger partial charge in [-0.25, -0.2) is 4.79 Å². The molecule has 1 fully saturated rings. The largest absolute Gasteiger partial charge is 0.497 e. The van der Waals surface area contributed by atoms with Gasteiger partial charge in [-0.05, 0) is 68.0 Å². The van der Waals surface area contributed by atoms with Gasteiger partial charge in [0.1, 0.15) is 28.7 Å². The van der Waals surface area contributed by atoms with Crippen molar-refractivity contribution >= 4 is 16.8 Å². The first-order valence-corrected chi connectivity index (χ1v) is 12.3. The first-order valence-electron chi connectivity index (χ1n) is 12.3. The summed E-state index contributed by atoms with van der Waals surface area (Å²) in [5, 5.41) is 4.14. The molecule has 1 aliphatic rings. The predicted molar refractivity (Wildman–Crippen MR) is 136 cm³/mol. The Hall–Kier alpha value is -3.81. The lowest BCUT2D eigenvalue weighted by Gasteiger charge is -2.27. The van der Waals surface area contributed by atoms with Gasteiger partial charge in [-0.3, -0.25) is 13.9 Å². The van der Waals surface area contributed by atoms with Gasteiger partial charge in [-0.15, -0.1) is 0 Å². The number of methoxy groups -OCH3 is 2. The number of imidazole rings is 1. The SMILES string of the molecule is COc1ccc(-c2cc(CC(=O)C3CCC(Cn4c(=O)n(C)c5ccc(OC)cc54)CC3)on2)cc1. The summed E-state index contributed by atoms with van der Waals surface area (Å²) >= 11 is 0. The topological polar surface area (TPSA) is 88.5 Å². The van der Waals surface area contributed by atoms with Crippen molar-refractivity contribution in [3.05, 3.63) is 64.8 Å². The van der Waals surface area contributed by atoms with E-state index < -0.39 is 0 Å². The van der Waals surface area contributed by atoms with Crippen LogP contribution in [0.4, 0.5) is 0 Å². The van der Waals surface area contributed by atoms with Gasteiger partial charge < -0.3 is 14.0 Å². The number of benzene rings is 2. The molecule has 0 atom stereocenters. The van der Waals surface area contributed by atoms with Crippen molar-refractivity contribution in [3.63, 3.8) is 0 Å². The molecular weight excluding hydrogens is 458 g/mol. The average Bonchev–Trinajstić information content (AvgIpc) is 3.47. The molecule has 0 bridgehead atoms. The standard InChI is InChI=1S/C28H31N3O5/c1-30-25-13-12-22(35-3)15-26(25)31(28(30)33)17-18-4-6-20(7-5-18)27(32)16-23-14-24(29-36-23)19-8-10-21(34-2)11-9-19/h8-15,18,20H,4-7,16-17H2,1-3H3. The van der Waals surface area contributed by atoms with Gasteiger partial charge >= 0.3 is 5.69 Å². The van der Waals surface area contributed by atoms with Crippen LogP contribution in [0.15, 0.2) is 57.8 Å². The molecule has 5 rings (SSSR count). The van der Waals surface area contributed by atoms with Crippen molar-refractivity contribution in [2.75, 3.05) is 14.2 Å². The van der Waals surface area contributed by atoms with E-state index in [-0.39, 0.29) is 23.8 Å². The Morgan fingerprint density at radius 3 is 2.36 bits per heavy atom. The Balaban J connectivity index is 1.19. The third-order valence-corrected chi connectivity index (χ3v) is 7.39. The van der Waals surface area contributed by atoms with Gasteiger partial charge in [0.15, 0.2) is 0 Å². The summed E-state index contributed by atoms with van der Waals surface area (Å²) in [6.45, 7) is 0.650. The second kappa shape index (κ2) is 10.0. The van der Waals surface area contributed by atoms with Gasteiger partial charge in [0, 0.05) is 37.2 Å². The second-order valence-corrected chi connectivity index (χ2v) is 9.57. The van der Waals surface area contributed by atoms with Crippen LogP contribution in [0.3, 0.4) is 0 Å². The molecule has 0 aliphatic heterocycles. The summed E-state index contributed by atoms with van der Waals surface area (Å²) in [7, 11) is 5.06. The lowest BCUT2D eigenvalue weighted by molar-refractivity contribution is -0.123. The van der Waals surface area contributed by atoms with Gasteiger partial charge in [0.05, 0.1) is 31.7 Å². The van der Waals surface area contributed by atoms with Gasteiger partial charge in [0.2, 0.25) is 0 Å². The minimum atomic E-state index is -0.0190. The van der Waals surface area contributed by atoms with E-state index in [0.29, 0.717) is 23.9 Å². The fraction of sp³-hybridized carbons (Fsp3) is 0.393. The molecule has 2 heterocycles. The highest BCUT2D eigenvalue weighted by molar-refractivity contribution is 5.83. The number of rotatable bonds is 8. The smallest absolute Gasteiger partial charge is 0.328 e. The second-order valence-electron chi connectivity index (χ2n) is 9.57. The Labute approximate surface area is 209 Å². The van der Waals surface area contributed by atoms with E-state index in [1.165, 1.54) is 0 Å². The zero-order chi connectivity index (χ0) is 25.2. The fourth-order valence-corrected chi connectivity index (χ4v) is 5.23. The van der Waals surface area contributed by atoms with Gasteiger partial charge in [-0.2, -0.15) is 0 Å². The molecule has 2 aromatic carbocycles. The molecule has 0 saturated heterocycles. The number of aromatic nitrogens is 3. The van der Waals surface area contributed by atoms with Crippen LogP contribution >= 0.6 is 0 Å². The van der Waals surface area contributed by atoms with Crippen molar-refractivity contribution in [2.45, 2.75) is 38.6 Å². The highest BCUT2D eigenvalue weighted by Gasteiger charge is 2.28. The minimum absolute atomic E-state index is 0.0140. The third-order valence-electron chi connectivity index (χ3n) is 7.39. The number of aryl methyl sites for hydroxylation is 1. The van der Waals surface area contributed by atoms with Crippen LogP contribution in [0.1, 0.15) is 31.4 Å². The molecule has 8 heteroatoms. The van der Waals surface area contributed by atoms with Crippen LogP contribution in [-0.4, -0.2) is 34.3 Å². The Kier molecular flexibility index (Phi) is 6.67. The van der Waals surface area contributed by atoms with Gasteiger partial charge in [0.25, 0.3) is 0 Å². The number of Topliss-reactive ketones (excluding diaryl/α,β-unsaturated/α-hetero) is 1. The third kappa shape index (κ3) is 4.67. The maximum absolute atomic E-state index is 13.0. The molecule has 36 heavy (non-hydrogen) atoms. The molecule has 2 aromatic heterocycles. The quantitative estimate of drug-likeness (QED) is 0.359. The van der Waals surface area contributed by atoms with E-state index >= 15 is 0 Å². The molecular formula is C28H31N3O5. The minimum Gasteiger partial charge on any atom is -0.497 e. The highest BCUT2D eigenvalue weighted by atomic mass is 16.5. The molecule has 0 N–H and O–H groups in total. The van der Waals surface area contributed by atoms with E-state index in [0.717, 1.165) is 53.8 Å². The Morgan fingerprint density at radius 1 is 0.972 bits per heavy atom. The molecule has 188 valence electrons. The van der Waals surface area contributed by atoms with Crippen LogP contribution in [0, 0.1) is 11.8 Å². The molecule has 1 saturated carbocycles. The number of hydrogen-bond acceptors (Lipinski definition) is 6. The zero-order valence-electron chi connectivity index (χ0n) is 20.9. The first kappa shape index (κ1) is 23.9. The number of ketones is 1. The molecule has 0 radical (unpaired) electrons. The molecule has 4 aromatic rings. The predicted octanol–water partition coefficient (Wildman–Crippen LogP) is 4.63. The lowest BCUT2D eigenvalue weighted by Crippen LogP contribution is -2.29. The highest BCUT2D eigenvalue weighted by Crippen LogP contribution is 2.32.